The third kappa shape index (κ3) is 5.01. The van der Waals surface area contributed by atoms with E-state index in [0.717, 1.165) is 18.9 Å². The van der Waals surface area contributed by atoms with E-state index < -0.39 is 0 Å². The SMILES string of the molecule is COC(C)(C)CC(C)NCC1(N(C)C)CCCC(C)C1. The third-order valence-corrected chi connectivity index (χ3v) is 5.15. The van der Waals surface area contributed by atoms with E-state index in [4.69, 9.17) is 4.74 Å². The van der Waals surface area contributed by atoms with E-state index in [2.05, 4.69) is 52.0 Å². The molecule has 3 unspecified atom stereocenters. The van der Waals surface area contributed by atoms with Gasteiger partial charge in [-0.3, -0.25) is 0 Å². The van der Waals surface area contributed by atoms with Crippen LogP contribution in [0, 0.1) is 5.92 Å². The van der Waals surface area contributed by atoms with Gasteiger partial charge < -0.3 is 15.0 Å². The number of nitrogens with one attached hydrogen (secondary N) is 1. The molecule has 1 rings (SSSR count). The molecule has 0 bridgehead atoms. The second-order valence-electron chi connectivity index (χ2n) is 7.77. The summed E-state index contributed by atoms with van der Waals surface area (Å²) in [6.07, 6.45) is 6.43. The van der Waals surface area contributed by atoms with Crippen molar-refractivity contribution in [1.82, 2.24) is 10.2 Å². The van der Waals surface area contributed by atoms with Crippen molar-refractivity contribution in [2.75, 3.05) is 27.7 Å². The maximum absolute atomic E-state index is 5.54. The summed E-state index contributed by atoms with van der Waals surface area (Å²) >= 11 is 0. The molecule has 3 atom stereocenters. The summed E-state index contributed by atoms with van der Waals surface area (Å²) in [6.45, 7) is 10.1. The largest absolute Gasteiger partial charge is 0.379 e. The van der Waals surface area contributed by atoms with Gasteiger partial charge in [-0.2, -0.15) is 0 Å². The summed E-state index contributed by atoms with van der Waals surface area (Å²) < 4.78 is 5.54. The molecule has 1 fully saturated rings. The number of ether oxygens (including phenoxy) is 1. The van der Waals surface area contributed by atoms with Gasteiger partial charge in [0.2, 0.25) is 0 Å². The average molecular weight is 284 g/mol. The zero-order valence-electron chi connectivity index (χ0n) is 14.8. The molecule has 0 saturated heterocycles. The Kier molecular flexibility index (Phi) is 6.49. The normalized spacial score (nSPS) is 29.7. The summed E-state index contributed by atoms with van der Waals surface area (Å²) in [5.41, 5.74) is 0.292. The molecule has 3 heteroatoms. The van der Waals surface area contributed by atoms with E-state index in [0.29, 0.717) is 11.6 Å². The van der Waals surface area contributed by atoms with Crippen LogP contribution in [0.25, 0.3) is 0 Å². The zero-order chi connectivity index (χ0) is 15.4. The van der Waals surface area contributed by atoms with E-state index in [1.54, 1.807) is 7.11 Å². The maximum atomic E-state index is 5.54. The van der Waals surface area contributed by atoms with Crippen LogP contribution in [0.4, 0.5) is 0 Å². The Hall–Kier alpha value is -0.120. The first kappa shape index (κ1) is 17.9. The van der Waals surface area contributed by atoms with E-state index in [1.165, 1.54) is 25.7 Å². The van der Waals surface area contributed by atoms with Gasteiger partial charge in [-0.25, -0.2) is 0 Å². The summed E-state index contributed by atoms with van der Waals surface area (Å²) in [7, 11) is 6.28. The molecule has 1 N–H and O–H groups in total. The number of nitrogens with zero attached hydrogens (tertiary/aromatic N) is 1. The zero-order valence-corrected chi connectivity index (χ0v) is 14.8. The highest BCUT2D eigenvalue weighted by Gasteiger charge is 2.37. The van der Waals surface area contributed by atoms with E-state index in [-0.39, 0.29) is 5.60 Å². The molecule has 0 spiro atoms. The van der Waals surface area contributed by atoms with Gasteiger partial charge in [0, 0.05) is 25.2 Å². The summed E-state index contributed by atoms with van der Waals surface area (Å²) in [4.78, 5) is 2.45. The van der Waals surface area contributed by atoms with Crippen LogP contribution in [0.2, 0.25) is 0 Å². The Bertz CT molecular complexity index is 291. The van der Waals surface area contributed by atoms with Crippen molar-refractivity contribution in [2.24, 2.45) is 5.92 Å². The maximum Gasteiger partial charge on any atom is 0.0637 e. The first-order valence-electron chi connectivity index (χ1n) is 8.17. The van der Waals surface area contributed by atoms with E-state index in [1.807, 2.05) is 0 Å². The molecule has 0 aromatic carbocycles. The number of likely N-dealkylation sites (N-methyl/N-ethyl adjacent to an activating group) is 1. The van der Waals surface area contributed by atoms with Crippen LogP contribution in [-0.4, -0.2) is 49.8 Å². The third-order valence-electron chi connectivity index (χ3n) is 5.15. The van der Waals surface area contributed by atoms with Crippen molar-refractivity contribution in [3.8, 4) is 0 Å². The minimum atomic E-state index is -0.0441. The van der Waals surface area contributed by atoms with E-state index >= 15 is 0 Å². The van der Waals surface area contributed by atoms with Gasteiger partial charge in [-0.15, -0.1) is 0 Å². The number of rotatable bonds is 7. The Morgan fingerprint density at radius 3 is 2.55 bits per heavy atom. The van der Waals surface area contributed by atoms with Crippen molar-refractivity contribution in [2.45, 2.75) is 77.0 Å². The average Bonchev–Trinajstić information content (AvgIpc) is 2.36. The van der Waals surface area contributed by atoms with Crippen molar-refractivity contribution in [1.29, 1.82) is 0 Å². The van der Waals surface area contributed by atoms with Crippen molar-refractivity contribution in [3.63, 3.8) is 0 Å². The number of hydrogen-bond acceptors (Lipinski definition) is 3. The second-order valence-corrected chi connectivity index (χ2v) is 7.77. The van der Waals surface area contributed by atoms with E-state index in [9.17, 15) is 0 Å². The van der Waals surface area contributed by atoms with Gasteiger partial charge in [0.15, 0.2) is 0 Å². The Balaban J connectivity index is 2.55. The Labute approximate surface area is 126 Å². The van der Waals surface area contributed by atoms with Gasteiger partial charge in [0.25, 0.3) is 0 Å². The van der Waals surface area contributed by atoms with Crippen LogP contribution in [0.1, 0.15) is 59.8 Å². The van der Waals surface area contributed by atoms with Gasteiger partial charge in [0.1, 0.15) is 0 Å². The first-order chi connectivity index (χ1) is 9.21. The quantitative estimate of drug-likeness (QED) is 0.776. The summed E-state index contributed by atoms with van der Waals surface area (Å²) in [5.74, 6) is 0.846. The topological polar surface area (TPSA) is 24.5 Å². The van der Waals surface area contributed by atoms with Crippen molar-refractivity contribution < 1.29 is 4.74 Å². The van der Waals surface area contributed by atoms with Crippen molar-refractivity contribution in [3.05, 3.63) is 0 Å². The molecule has 1 aliphatic carbocycles. The predicted molar refractivity (Wildman–Crippen MR) is 87.2 cm³/mol. The smallest absolute Gasteiger partial charge is 0.0637 e. The minimum absolute atomic E-state index is 0.0441. The molecule has 0 radical (unpaired) electrons. The second kappa shape index (κ2) is 7.24. The van der Waals surface area contributed by atoms with Crippen LogP contribution in [0.5, 0.6) is 0 Å². The van der Waals surface area contributed by atoms with Crippen LogP contribution < -0.4 is 5.32 Å². The molecular weight excluding hydrogens is 248 g/mol. The van der Waals surface area contributed by atoms with Crippen LogP contribution in [0.15, 0.2) is 0 Å². The highest BCUT2D eigenvalue weighted by atomic mass is 16.5. The molecule has 3 nitrogen and oxygen atoms in total. The highest BCUT2D eigenvalue weighted by molar-refractivity contribution is 4.95. The lowest BCUT2D eigenvalue weighted by Crippen LogP contribution is -2.55. The summed E-state index contributed by atoms with van der Waals surface area (Å²) in [6, 6.07) is 0.485. The first-order valence-corrected chi connectivity index (χ1v) is 8.17. The number of methoxy groups -OCH3 is 1. The van der Waals surface area contributed by atoms with Gasteiger partial charge in [-0.05, 0) is 60.0 Å². The highest BCUT2D eigenvalue weighted by Crippen LogP contribution is 2.35. The lowest BCUT2D eigenvalue weighted by molar-refractivity contribution is 0.00558. The fourth-order valence-corrected chi connectivity index (χ4v) is 3.61. The predicted octanol–water partition coefficient (Wildman–Crippen LogP) is 3.29. The molecule has 0 aromatic rings. The summed E-state index contributed by atoms with van der Waals surface area (Å²) in [5, 5.41) is 3.76. The molecule has 0 aliphatic heterocycles. The Morgan fingerprint density at radius 2 is 2.05 bits per heavy atom. The molecule has 1 aliphatic rings. The Morgan fingerprint density at radius 1 is 1.40 bits per heavy atom. The fourth-order valence-electron chi connectivity index (χ4n) is 3.61. The van der Waals surface area contributed by atoms with Crippen molar-refractivity contribution >= 4 is 0 Å². The monoisotopic (exact) mass is 284 g/mol. The number of hydrogen-bond donors (Lipinski definition) is 1. The van der Waals surface area contributed by atoms with Gasteiger partial charge >= 0.3 is 0 Å². The van der Waals surface area contributed by atoms with Gasteiger partial charge in [-0.1, -0.05) is 19.8 Å². The molecule has 120 valence electrons. The molecule has 0 heterocycles. The molecule has 20 heavy (non-hydrogen) atoms. The minimum Gasteiger partial charge on any atom is -0.379 e. The fraction of sp³-hybridized carbons (Fsp3) is 1.00. The van der Waals surface area contributed by atoms with Crippen LogP contribution in [0.3, 0.4) is 0 Å². The molecular formula is C17H36N2O. The van der Waals surface area contributed by atoms with Gasteiger partial charge in [0.05, 0.1) is 5.60 Å². The van der Waals surface area contributed by atoms with Crippen LogP contribution in [-0.2, 0) is 4.74 Å². The molecule has 1 saturated carbocycles. The lowest BCUT2D eigenvalue weighted by atomic mass is 9.75. The molecule has 0 amide bonds. The standard InChI is InChI=1S/C17H36N2O/c1-14-9-8-10-17(11-14,19(5)6)13-18-15(2)12-16(3,4)20-7/h14-15,18H,8-13H2,1-7H3. The lowest BCUT2D eigenvalue weighted by Gasteiger charge is -2.46. The van der Waals surface area contributed by atoms with Crippen LogP contribution >= 0.6 is 0 Å². The molecule has 0 aromatic heterocycles.